The number of rotatable bonds is 4. The molecule has 2 aliphatic rings. The van der Waals surface area contributed by atoms with Gasteiger partial charge in [0.15, 0.2) is 11.5 Å². The maximum Gasteiger partial charge on any atom is 0.247 e. The molecule has 0 spiro atoms. The number of benzene rings is 2. The van der Waals surface area contributed by atoms with Crippen LogP contribution in [-0.2, 0) is 22.6 Å². The third kappa shape index (κ3) is 2.87. The molecule has 2 aromatic rings. The quantitative estimate of drug-likeness (QED) is 0.916. The van der Waals surface area contributed by atoms with Gasteiger partial charge in [0.05, 0.1) is 6.42 Å². The zero-order valence-corrected chi connectivity index (χ0v) is 14.5. The van der Waals surface area contributed by atoms with Gasteiger partial charge in [-0.25, -0.2) is 0 Å². The molecule has 4 rings (SSSR count). The van der Waals surface area contributed by atoms with Crippen LogP contribution in [0.25, 0.3) is 0 Å². The first-order valence-electron chi connectivity index (χ1n) is 8.71. The number of hydrogen-bond acceptors (Lipinski definition) is 4. The van der Waals surface area contributed by atoms with Crippen LogP contribution >= 0.6 is 0 Å². The van der Waals surface area contributed by atoms with Gasteiger partial charge in [0, 0.05) is 13.1 Å². The molecule has 26 heavy (non-hydrogen) atoms. The molecule has 0 aliphatic carbocycles. The summed E-state index contributed by atoms with van der Waals surface area (Å²) in [5.74, 6) is 1.20. The Morgan fingerprint density at radius 3 is 2.85 bits per heavy atom. The van der Waals surface area contributed by atoms with Gasteiger partial charge in [0.2, 0.25) is 18.6 Å². The Balaban J connectivity index is 1.53. The van der Waals surface area contributed by atoms with Gasteiger partial charge in [-0.2, -0.15) is 0 Å². The highest BCUT2D eigenvalue weighted by Crippen LogP contribution is 2.33. The third-order valence-electron chi connectivity index (χ3n) is 4.82. The summed E-state index contributed by atoms with van der Waals surface area (Å²) in [6, 6.07) is 12.6. The lowest BCUT2D eigenvalue weighted by molar-refractivity contribution is -0.141. The first-order chi connectivity index (χ1) is 12.7. The molecule has 0 saturated heterocycles. The SMILES string of the molecule is CCN1C(=O)Cc2ccccc2C1C(=O)NCc1ccc2c(c1)OCO2. The molecule has 1 atom stereocenters. The number of nitrogens with zero attached hydrogens (tertiary/aromatic N) is 1. The van der Waals surface area contributed by atoms with Crippen LogP contribution in [0.4, 0.5) is 0 Å². The van der Waals surface area contributed by atoms with Crippen LogP contribution in [-0.4, -0.2) is 30.1 Å². The van der Waals surface area contributed by atoms with Gasteiger partial charge in [-0.05, 0) is 35.7 Å². The topological polar surface area (TPSA) is 67.9 Å². The normalized spacial score (nSPS) is 17.8. The highest BCUT2D eigenvalue weighted by atomic mass is 16.7. The molecule has 6 nitrogen and oxygen atoms in total. The lowest BCUT2D eigenvalue weighted by atomic mass is 9.91. The summed E-state index contributed by atoms with van der Waals surface area (Å²) in [5, 5.41) is 2.96. The van der Waals surface area contributed by atoms with Crippen molar-refractivity contribution in [2.45, 2.75) is 25.9 Å². The zero-order valence-electron chi connectivity index (χ0n) is 14.5. The smallest absolute Gasteiger partial charge is 0.247 e. The minimum atomic E-state index is -0.591. The lowest BCUT2D eigenvalue weighted by Gasteiger charge is -2.35. The molecule has 0 fully saturated rings. The van der Waals surface area contributed by atoms with E-state index in [-0.39, 0.29) is 18.6 Å². The molecule has 1 N–H and O–H groups in total. The Labute approximate surface area is 151 Å². The van der Waals surface area contributed by atoms with E-state index in [0.717, 1.165) is 16.7 Å². The van der Waals surface area contributed by atoms with Crippen molar-refractivity contribution in [3.05, 3.63) is 59.2 Å². The van der Waals surface area contributed by atoms with Gasteiger partial charge in [-0.15, -0.1) is 0 Å². The maximum atomic E-state index is 12.9. The number of carbonyl (C=O) groups excluding carboxylic acids is 2. The van der Waals surface area contributed by atoms with Crippen molar-refractivity contribution in [3.8, 4) is 11.5 Å². The summed E-state index contributed by atoms with van der Waals surface area (Å²) in [6.45, 7) is 2.97. The molecule has 2 aliphatic heterocycles. The van der Waals surface area contributed by atoms with Gasteiger partial charge in [0.25, 0.3) is 0 Å². The Morgan fingerprint density at radius 1 is 1.19 bits per heavy atom. The highest BCUT2D eigenvalue weighted by Gasteiger charge is 2.35. The van der Waals surface area contributed by atoms with Crippen LogP contribution in [0.1, 0.15) is 29.7 Å². The summed E-state index contributed by atoms with van der Waals surface area (Å²) in [4.78, 5) is 27.0. The first kappa shape index (κ1) is 16.4. The lowest BCUT2D eigenvalue weighted by Crippen LogP contribution is -2.47. The van der Waals surface area contributed by atoms with Crippen LogP contribution in [0.3, 0.4) is 0 Å². The van der Waals surface area contributed by atoms with E-state index >= 15 is 0 Å². The monoisotopic (exact) mass is 352 g/mol. The summed E-state index contributed by atoms with van der Waals surface area (Å²) in [5.41, 5.74) is 2.74. The van der Waals surface area contributed by atoms with Crippen molar-refractivity contribution in [2.24, 2.45) is 0 Å². The van der Waals surface area contributed by atoms with E-state index in [4.69, 9.17) is 9.47 Å². The molecule has 2 amide bonds. The summed E-state index contributed by atoms with van der Waals surface area (Å²) >= 11 is 0. The minimum absolute atomic E-state index is 0.0190. The minimum Gasteiger partial charge on any atom is -0.454 e. The Kier molecular flexibility index (Phi) is 4.24. The van der Waals surface area contributed by atoms with E-state index < -0.39 is 6.04 Å². The van der Waals surface area contributed by atoms with Crippen LogP contribution in [0, 0.1) is 0 Å². The molecule has 2 aromatic carbocycles. The fraction of sp³-hybridized carbons (Fsp3) is 0.300. The second kappa shape index (κ2) is 6.71. The van der Waals surface area contributed by atoms with Crippen molar-refractivity contribution in [2.75, 3.05) is 13.3 Å². The van der Waals surface area contributed by atoms with Crippen LogP contribution < -0.4 is 14.8 Å². The summed E-state index contributed by atoms with van der Waals surface area (Å²) < 4.78 is 10.7. The van der Waals surface area contributed by atoms with Gasteiger partial charge in [-0.1, -0.05) is 30.3 Å². The molecule has 0 aromatic heterocycles. The Morgan fingerprint density at radius 2 is 2.00 bits per heavy atom. The molecule has 0 saturated carbocycles. The fourth-order valence-corrected chi connectivity index (χ4v) is 3.52. The third-order valence-corrected chi connectivity index (χ3v) is 4.82. The number of nitrogens with one attached hydrogen (secondary N) is 1. The molecule has 134 valence electrons. The largest absolute Gasteiger partial charge is 0.454 e. The zero-order chi connectivity index (χ0) is 18.1. The predicted molar refractivity (Wildman–Crippen MR) is 94.7 cm³/mol. The number of fused-ring (bicyclic) bond motifs is 2. The number of hydrogen-bond donors (Lipinski definition) is 1. The molecule has 2 heterocycles. The fourth-order valence-electron chi connectivity index (χ4n) is 3.52. The second-order valence-corrected chi connectivity index (χ2v) is 6.36. The standard InChI is InChI=1S/C20H20N2O4/c1-2-22-18(23)10-14-5-3-4-6-15(14)19(22)20(24)21-11-13-7-8-16-17(9-13)26-12-25-16/h3-9,19H,2,10-12H2,1H3,(H,21,24). The van der Waals surface area contributed by atoms with E-state index in [1.54, 1.807) is 4.90 Å². The van der Waals surface area contributed by atoms with Crippen molar-refractivity contribution < 1.29 is 19.1 Å². The van der Waals surface area contributed by atoms with Crippen LogP contribution in [0.15, 0.2) is 42.5 Å². The number of amides is 2. The molecule has 0 bridgehead atoms. The van der Waals surface area contributed by atoms with E-state index in [2.05, 4.69) is 5.32 Å². The number of ether oxygens (including phenoxy) is 2. The molecular weight excluding hydrogens is 332 g/mol. The number of likely N-dealkylation sites (N-methyl/N-ethyl adjacent to an activating group) is 1. The molecular formula is C20H20N2O4. The van der Waals surface area contributed by atoms with Gasteiger partial charge < -0.3 is 19.7 Å². The van der Waals surface area contributed by atoms with Crippen molar-refractivity contribution in [3.63, 3.8) is 0 Å². The number of carbonyl (C=O) groups is 2. The van der Waals surface area contributed by atoms with E-state index in [1.165, 1.54) is 0 Å². The molecule has 6 heteroatoms. The molecule has 0 radical (unpaired) electrons. The summed E-state index contributed by atoms with van der Waals surface area (Å²) in [6.07, 6.45) is 0.343. The van der Waals surface area contributed by atoms with E-state index in [0.29, 0.717) is 31.0 Å². The summed E-state index contributed by atoms with van der Waals surface area (Å²) in [7, 11) is 0. The highest BCUT2D eigenvalue weighted by molar-refractivity contribution is 5.92. The van der Waals surface area contributed by atoms with Gasteiger partial charge in [-0.3, -0.25) is 9.59 Å². The predicted octanol–water partition coefficient (Wildman–Crippen LogP) is 2.18. The molecule has 1 unspecified atom stereocenters. The Hall–Kier alpha value is -3.02. The second-order valence-electron chi connectivity index (χ2n) is 6.36. The Bertz CT molecular complexity index is 865. The van der Waals surface area contributed by atoms with E-state index in [1.807, 2.05) is 49.4 Å². The average Bonchev–Trinajstić information content (AvgIpc) is 3.12. The van der Waals surface area contributed by atoms with Crippen molar-refractivity contribution in [1.29, 1.82) is 0 Å². The van der Waals surface area contributed by atoms with Crippen molar-refractivity contribution in [1.82, 2.24) is 10.2 Å². The average molecular weight is 352 g/mol. The van der Waals surface area contributed by atoms with Crippen molar-refractivity contribution >= 4 is 11.8 Å². The van der Waals surface area contributed by atoms with Gasteiger partial charge in [0.1, 0.15) is 6.04 Å². The van der Waals surface area contributed by atoms with Gasteiger partial charge >= 0.3 is 0 Å². The van der Waals surface area contributed by atoms with E-state index in [9.17, 15) is 9.59 Å². The van der Waals surface area contributed by atoms with Crippen LogP contribution in [0.5, 0.6) is 11.5 Å². The van der Waals surface area contributed by atoms with Crippen LogP contribution in [0.2, 0.25) is 0 Å². The maximum absolute atomic E-state index is 12.9. The first-order valence-corrected chi connectivity index (χ1v) is 8.71.